The Labute approximate surface area is 265 Å². The average molecular weight is 609 g/mol. The van der Waals surface area contributed by atoms with Crippen LogP contribution >= 0.6 is 0 Å². The fourth-order valence-electron chi connectivity index (χ4n) is 5.69. The van der Waals surface area contributed by atoms with Crippen LogP contribution in [0.3, 0.4) is 0 Å². The van der Waals surface area contributed by atoms with Crippen molar-refractivity contribution in [3.63, 3.8) is 0 Å². The minimum Gasteiger partial charge on any atom is -0.496 e. The van der Waals surface area contributed by atoms with Crippen molar-refractivity contribution in [3.05, 3.63) is 142 Å². The molecule has 0 aliphatic rings. The fourth-order valence-corrected chi connectivity index (χ4v) is 5.69. The Hall–Kier alpha value is -5.89. The summed E-state index contributed by atoms with van der Waals surface area (Å²) in [6.45, 7) is 6.66. The zero-order valence-corrected chi connectivity index (χ0v) is 26.0. The van der Waals surface area contributed by atoms with Crippen LogP contribution in [0.25, 0.3) is 39.1 Å². The van der Waals surface area contributed by atoms with Crippen LogP contribution in [0.15, 0.2) is 117 Å². The highest BCUT2D eigenvalue weighted by Gasteiger charge is 2.18. The van der Waals surface area contributed by atoms with E-state index in [9.17, 15) is 4.79 Å². The zero-order chi connectivity index (χ0) is 31.8. The second-order valence-electron chi connectivity index (χ2n) is 11.2. The van der Waals surface area contributed by atoms with Crippen molar-refractivity contribution in [1.82, 2.24) is 14.2 Å². The summed E-state index contributed by atoms with van der Waals surface area (Å²) in [6, 6.07) is 33.1. The molecule has 0 aliphatic carbocycles. The fraction of sp³-hybridized carbons (Fsp3) is 0.132. The first kappa shape index (κ1) is 28.9. The van der Waals surface area contributed by atoms with Crippen LogP contribution < -0.4 is 15.0 Å². The van der Waals surface area contributed by atoms with Crippen molar-refractivity contribution < 1.29 is 13.9 Å². The number of hydrogen-bond acceptors (Lipinski definition) is 6. The van der Waals surface area contributed by atoms with Crippen LogP contribution in [0.4, 0.5) is 0 Å². The van der Waals surface area contributed by atoms with Crippen LogP contribution in [0.1, 0.15) is 28.1 Å². The molecule has 8 nitrogen and oxygen atoms in total. The summed E-state index contributed by atoms with van der Waals surface area (Å²) in [5.41, 5.74) is 7.12. The van der Waals surface area contributed by atoms with E-state index in [0.717, 1.165) is 39.3 Å². The Morgan fingerprint density at radius 1 is 0.870 bits per heavy atom. The van der Waals surface area contributed by atoms with Crippen molar-refractivity contribution in [1.29, 1.82) is 0 Å². The Morgan fingerprint density at radius 2 is 1.65 bits per heavy atom. The number of para-hydroxylation sites is 1. The van der Waals surface area contributed by atoms with Crippen LogP contribution in [0.2, 0.25) is 0 Å². The normalized spacial score (nSPS) is 11.6. The number of ether oxygens (including phenoxy) is 2. The summed E-state index contributed by atoms with van der Waals surface area (Å²) in [7, 11) is 1.61. The van der Waals surface area contributed by atoms with Gasteiger partial charge in [-0.25, -0.2) is 4.98 Å². The van der Waals surface area contributed by atoms with Gasteiger partial charge < -0.3 is 18.5 Å². The molecule has 0 saturated heterocycles. The number of aryl methyl sites for hydroxylation is 2. The van der Waals surface area contributed by atoms with E-state index in [1.165, 1.54) is 10.2 Å². The van der Waals surface area contributed by atoms with Gasteiger partial charge in [0.05, 0.1) is 29.6 Å². The van der Waals surface area contributed by atoms with Crippen LogP contribution in [-0.2, 0) is 6.61 Å². The highest BCUT2D eigenvalue weighted by atomic mass is 16.5. The topological polar surface area (TPSA) is 83.8 Å². The largest absolute Gasteiger partial charge is 0.496 e. The third-order valence-corrected chi connectivity index (χ3v) is 8.12. The quantitative estimate of drug-likeness (QED) is 0.163. The number of methoxy groups -OCH3 is 1. The first-order valence-electron chi connectivity index (χ1n) is 15.0. The Morgan fingerprint density at radius 3 is 2.43 bits per heavy atom. The van der Waals surface area contributed by atoms with Crippen molar-refractivity contribution >= 4 is 28.1 Å². The molecule has 0 amide bonds. The van der Waals surface area contributed by atoms with Gasteiger partial charge in [0.25, 0.3) is 5.56 Å². The van der Waals surface area contributed by atoms with E-state index in [2.05, 4.69) is 40.9 Å². The summed E-state index contributed by atoms with van der Waals surface area (Å²) in [5.74, 6) is 2.18. The molecule has 7 rings (SSSR count). The Kier molecular flexibility index (Phi) is 7.46. The molecule has 3 heterocycles. The second-order valence-corrected chi connectivity index (χ2v) is 11.2. The lowest BCUT2D eigenvalue weighted by Crippen LogP contribution is -2.20. The first-order chi connectivity index (χ1) is 22.4. The molecule has 0 aliphatic heterocycles. The number of furan rings is 1. The van der Waals surface area contributed by atoms with Gasteiger partial charge in [-0.3, -0.25) is 4.79 Å². The van der Waals surface area contributed by atoms with Crippen molar-refractivity contribution in [2.75, 3.05) is 7.11 Å². The predicted octanol–water partition coefficient (Wildman–Crippen LogP) is 8.00. The molecule has 0 spiro atoms. The van der Waals surface area contributed by atoms with Crippen molar-refractivity contribution in [3.8, 4) is 28.8 Å². The molecule has 0 bridgehead atoms. The van der Waals surface area contributed by atoms with Gasteiger partial charge in [0, 0.05) is 22.6 Å². The number of rotatable bonds is 8. The summed E-state index contributed by atoms with van der Waals surface area (Å²) < 4.78 is 21.2. The number of hydrogen-bond donors (Lipinski definition) is 0. The third-order valence-electron chi connectivity index (χ3n) is 8.12. The van der Waals surface area contributed by atoms with Gasteiger partial charge in [0.1, 0.15) is 23.7 Å². The Balaban J connectivity index is 1.22. The molecule has 3 aromatic heterocycles. The van der Waals surface area contributed by atoms with E-state index in [0.29, 0.717) is 40.4 Å². The monoisotopic (exact) mass is 608 g/mol. The van der Waals surface area contributed by atoms with E-state index in [1.54, 1.807) is 19.4 Å². The maximum absolute atomic E-state index is 13.8. The maximum atomic E-state index is 13.8. The van der Waals surface area contributed by atoms with Crippen molar-refractivity contribution in [2.45, 2.75) is 27.4 Å². The molecule has 0 unspecified atom stereocenters. The minimum atomic E-state index is -0.292. The maximum Gasteiger partial charge on any atom is 0.282 e. The summed E-state index contributed by atoms with van der Waals surface area (Å²) in [4.78, 5) is 18.6. The molecular weight excluding hydrogens is 576 g/mol. The average Bonchev–Trinajstić information content (AvgIpc) is 3.64. The second kappa shape index (κ2) is 11.9. The van der Waals surface area contributed by atoms with E-state index < -0.39 is 0 Å². The summed E-state index contributed by atoms with van der Waals surface area (Å²) in [6.07, 6.45) is 1.70. The summed E-state index contributed by atoms with van der Waals surface area (Å²) >= 11 is 0. The van der Waals surface area contributed by atoms with Gasteiger partial charge in [-0.05, 0) is 87.0 Å². The molecule has 0 saturated carbocycles. The number of aromatic nitrogens is 3. The van der Waals surface area contributed by atoms with Gasteiger partial charge in [0.15, 0.2) is 5.76 Å². The first-order valence-corrected chi connectivity index (χ1v) is 15.0. The molecule has 228 valence electrons. The van der Waals surface area contributed by atoms with E-state index in [-0.39, 0.29) is 5.56 Å². The molecule has 4 aromatic carbocycles. The molecular formula is C38H32N4O4. The molecule has 7 aromatic rings. The van der Waals surface area contributed by atoms with Crippen LogP contribution in [0.5, 0.6) is 11.5 Å². The molecule has 0 radical (unpaired) electrons. The van der Waals surface area contributed by atoms with Crippen LogP contribution in [0, 0.1) is 20.8 Å². The molecule has 46 heavy (non-hydrogen) atoms. The van der Waals surface area contributed by atoms with E-state index >= 15 is 0 Å². The van der Waals surface area contributed by atoms with Crippen molar-refractivity contribution in [2.24, 2.45) is 5.10 Å². The summed E-state index contributed by atoms with van der Waals surface area (Å²) in [5, 5.41) is 5.94. The number of nitrogens with zero attached hydrogens (tertiary/aromatic N) is 4. The van der Waals surface area contributed by atoms with E-state index in [1.807, 2.05) is 86.6 Å². The lowest BCUT2D eigenvalue weighted by Gasteiger charge is -2.12. The van der Waals surface area contributed by atoms with Gasteiger partial charge >= 0.3 is 0 Å². The molecule has 0 N–H and O–H groups in total. The van der Waals surface area contributed by atoms with Crippen LogP contribution in [-0.4, -0.2) is 27.6 Å². The SMILES string of the molecule is COc1cccc2oc(-c3nc4ccccc4c(=O)n3N=Cc3cc(C)n(-c4ccc(OCc5ccc(C)cc5)cc4)c3C)cc12. The third kappa shape index (κ3) is 5.34. The zero-order valence-electron chi connectivity index (χ0n) is 26.0. The lowest BCUT2D eigenvalue weighted by molar-refractivity contribution is 0.306. The van der Waals surface area contributed by atoms with Gasteiger partial charge in [-0.15, -0.1) is 0 Å². The number of fused-ring (bicyclic) bond motifs is 2. The van der Waals surface area contributed by atoms with E-state index in [4.69, 9.17) is 18.9 Å². The highest BCUT2D eigenvalue weighted by Crippen LogP contribution is 2.33. The lowest BCUT2D eigenvalue weighted by atomic mass is 10.2. The predicted molar refractivity (Wildman–Crippen MR) is 182 cm³/mol. The molecule has 0 fully saturated rings. The highest BCUT2D eigenvalue weighted by molar-refractivity contribution is 5.89. The standard InChI is InChI=1S/C38H32N4O4/c1-24-12-14-27(15-13-24)23-45-30-18-16-29(17-19-30)41-25(2)20-28(26(41)3)22-39-42-37(40-33-9-6-5-8-31(33)38(42)43)36-21-32-34(44-4)10-7-11-35(32)46-36/h5-22H,23H2,1-4H3. The van der Waals surface area contributed by atoms with Gasteiger partial charge in [-0.1, -0.05) is 48.0 Å². The Bertz CT molecular complexity index is 2290. The number of benzene rings is 4. The minimum absolute atomic E-state index is 0.292. The van der Waals surface area contributed by atoms with Gasteiger partial charge in [0.2, 0.25) is 5.82 Å². The van der Waals surface area contributed by atoms with Gasteiger partial charge in [-0.2, -0.15) is 9.78 Å². The molecule has 0 atom stereocenters. The smallest absolute Gasteiger partial charge is 0.282 e. The molecule has 8 heteroatoms.